The van der Waals surface area contributed by atoms with Crippen molar-refractivity contribution in [2.75, 3.05) is 26.4 Å². The molecule has 0 heterocycles. The predicted octanol–water partition coefficient (Wildman–Crippen LogP) is 11.1. The van der Waals surface area contributed by atoms with Crippen LogP contribution in [0.25, 0.3) is 0 Å². The molecule has 0 aromatic heterocycles. The fourth-order valence-electron chi connectivity index (χ4n) is 6.17. The van der Waals surface area contributed by atoms with Crippen LogP contribution >= 0.6 is 7.82 Å². The Morgan fingerprint density at radius 1 is 0.500 bits per heavy atom. The lowest BCUT2D eigenvalue weighted by molar-refractivity contribution is -0.161. The number of aliphatic hydroxyl groups excluding tert-OH is 2. The first-order chi connectivity index (χ1) is 25.2. The van der Waals surface area contributed by atoms with Gasteiger partial charge in [-0.3, -0.25) is 18.6 Å². The number of esters is 2. The number of phosphoric ester groups is 1. The lowest BCUT2D eigenvalue weighted by atomic mass is 10.0. The zero-order valence-corrected chi connectivity index (χ0v) is 34.4. The van der Waals surface area contributed by atoms with Gasteiger partial charge in [-0.25, -0.2) is 4.57 Å². The topological polar surface area (TPSA) is 149 Å². The summed E-state index contributed by atoms with van der Waals surface area (Å²) in [4.78, 5) is 34.6. The largest absolute Gasteiger partial charge is 0.472 e. The number of rotatable bonds is 41. The third-order valence-corrected chi connectivity index (χ3v) is 10.5. The van der Waals surface area contributed by atoms with Crippen LogP contribution in [0.3, 0.4) is 0 Å². The average molecular weight is 765 g/mol. The van der Waals surface area contributed by atoms with E-state index >= 15 is 0 Å². The van der Waals surface area contributed by atoms with Gasteiger partial charge in [0.1, 0.15) is 12.7 Å². The second-order valence-electron chi connectivity index (χ2n) is 14.7. The monoisotopic (exact) mass is 765 g/mol. The van der Waals surface area contributed by atoms with Gasteiger partial charge in [-0.15, -0.1) is 0 Å². The standard InChI is InChI=1S/C41H81O10P/c1-3-5-7-9-10-11-12-13-14-15-16-17-18-19-20-21-22-23-24-25-26-27-29-31-33-41(45)51-39(36-48-40(44)32-30-28-8-6-4-2)37-50-52(46,47)49-35-38(43)34-42/h38-39,42-43H,3-37H2,1-2H3,(H,46,47). The summed E-state index contributed by atoms with van der Waals surface area (Å²) in [5, 5.41) is 18.2. The van der Waals surface area contributed by atoms with Crippen molar-refractivity contribution in [1.29, 1.82) is 0 Å². The molecule has 0 rings (SSSR count). The van der Waals surface area contributed by atoms with E-state index in [2.05, 4.69) is 18.4 Å². The molecule has 0 saturated carbocycles. The molecule has 0 spiro atoms. The minimum absolute atomic E-state index is 0.192. The van der Waals surface area contributed by atoms with E-state index < -0.39 is 51.8 Å². The number of hydrogen-bond acceptors (Lipinski definition) is 9. The zero-order valence-electron chi connectivity index (χ0n) is 33.6. The Balaban J connectivity index is 3.95. The molecule has 3 unspecified atom stereocenters. The molecule has 0 aliphatic heterocycles. The van der Waals surface area contributed by atoms with Gasteiger partial charge < -0.3 is 24.6 Å². The highest BCUT2D eigenvalue weighted by molar-refractivity contribution is 7.47. The quantitative estimate of drug-likeness (QED) is 0.0312. The van der Waals surface area contributed by atoms with Gasteiger partial charge in [-0.2, -0.15) is 0 Å². The van der Waals surface area contributed by atoms with Gasteiger partial charge in [0.15, 0.2) is 6.10 Å². The average Bonchev–Trinajstić information content (AvgIpc) is 3.13. The van der Waals surface area contributed by atoms with Crippen LogP contribution in [0.1, 0.15) is 213 Å². The Kier molecular flexibility index (Phi) is 37.5. The van der Waals surface area contributed by atoms with E-state index in [1.54, 1.807) is 0 Å². The first-order valence-corrected chi connectivity index (χ1v) is 23.0. The molecular weight excluding hydrogens is 683 g/mol. The number of hydrogen-bond donors (Lipinski definition) is 3. The molecule has 0 aliphatic carbocycles. The fourth-order valence-corrected chi connectivity index (χ4v) is 6.96. The minimum Gasteiger partial charge on any atom is -0.462 e. The molecule has 52 heavy (non-hydrogen) atoms. The maximum atomic E-state index is 12.5. The highest BCUT2D eigenvalue weighted by Gasteiger charge is 2.27. The fraction of sp³-hybridized carbons (Fsp3) is 0.951. The van der Waals surface area contributed by atoms with Gasteiger partial charge in [0.2, 0.25) is 0 Å². The molecule has 0 saturated heterocycles. The molecule has 3 N–H and O–H groups in total. The maximum absolute atomic E-state index is 12.5. The van der Waals surface area contributed by atoms with Crippen LogP contribution in [-0.2, 0) is 32.7 Å². The van der Waals surface area contributed by atoms with Gasteiger partial charge in [0.05, 0.1) is 19.8 Å². The van der Waals surface area contributed by atoms with Crippen LogP contribution in [-0.4, -0.2) is 65.7 Å². The zero-order chi connectivity index (χ0) is 38.4. The molecule has 0 aromatic rings. The minimum atomic E-state index is -4.60. The van der Waals surface area contributed by atoms with Crippen LogP contribution in [0.4, 0.5) is 0 Å². The van der Waals surface area contributed by atoms with Crippen molar-refractivity contribution in [3.63, 3.8) is 0 Å². The molecule has 0 fully saturated rings. The predicted molar refractivity (Wildman–Crippen MR) is 210 cm³/mol. The first kappa shape index (κ1) is 51.0. The third kappa shape index (κ3) is 37.3. The molecule has 0 aliphatic rings. The Labute approximate surface area is 318 Å². The van der Waals surface area contributed by atoms with Crippen molar-refractivity contribution < 1.29 is 47.8 Å². The second kappa shape index (κ2) is 38.3. The lowest BCUT2D eigenvalue weighted by Crippen LogP contribution is -2.29. The third-order valence-electron chi connectivity index (χ3n) is 9.51. The van der Waals surface area contributed by atoms with E-state index in [0.29, 0.717) is 12.8 Å². The van der Waals surface area contributed by atoms with Crippen LogP contribution in [0.15, 0.2) is 0 Å². The highest BCUT2D eigenvalue weighted by atomic mass is 31.2. The van der Waals surface area contributed by atoms with E-state index in [0.717, 1.165) is 44.9 Å². The van der Waals surface area contributed by atoms with Crippen LogP contribution in [0, 0.1) is 0 Å². The first-order valence-electron chi connectivity index (χ1n) is 21.5. The van der Waals surface area contributed by atoms with E-state index in [4.69, 9.17) is 19.1 Å². The van der Waals surface area contributed by atoms with E-state index in [1.165, 1.54) is 128 Å². The number of aliphatic hydroxyl groups is 2. The van der Waals surface area contributed by atoms with E-state index in [-0.39, 0.29) is 19.4 Å². The molecule has 0 radical (unpaired) electrons. The summed E-state index contributed by atoms with van der Waals surface area (Å²) in [6, 6.07) is 0. The van der Waals surface area contributed by atoms with Crippen molar-refractivity contribution in [3.8, 4) is 0 Å². The summed E-state index contributed by atoms with van der Waals surface area (Å²) >= 11 is 0. The normalized spacial score (nSPS) is 13.9. The Morgan fingerprint density at radius 2 is 0.827 bits per heavy atom. The number of carbonyl (C=O) groups excluding carboxylic acids is 2. The molecule has 11 heteroatoms. The van der Waals surface area contributed by atoms with Gasteiger partial charge in [0, 0.05) is 12.8 Å². The number of ether oxygens (including phenoxy) is 2. The summed E-state index contributed by atoms with van der Waals surface area (Å²) in [5.41, 5.74) is 0. The van der Waals surface area contributed by atoms with Crippen LogP contribution in [0.2, 0.25) is 0 Å². The van der Waals surface area contributed by atoms with Crippen molar-refractivity contribution in [2.24, 2.45) is 0 Å². The summed E-state index contributed by atoms with van der Waals surface area (Å²) in [6.07, 6.45) is 34.3. The van der Waals surface area contributed by atoms with E-state index in [9.17, 15) is 24.2 Å². The summed E-state index contributed by atoms with van der Waals surface area (Å²) in [5.74, 6) is -0.926. The molecule has 0 bridgehead atoms. The number of carbonyl (C=O) groups is 2. The summed E-state index contributed by atoms with van der Waals surface area (Å²) in [7, 11) is -4.60. The van der Waals surface area contributed by atoms with Gasteiger partial charge in [0.25, 0.3) is 0 Å². The van der Waals surface area contributed by atoms with Crippen LogP contribution < -0.4 is 0 Å². The smallest absolute Gasteiger partial charge is 0.462 e. The van der Waals surface area contributed by atoms with Gasteiger partial charge >= 0.3 is 19.8 Å². The molecule has 0 aromatic carbocycles. The molecule has 3 atom stereocenters. The van der Waals surface area contributed by atoms with Crippen LogP contribution in [0.5, 0.6) is 0 Å². The molecule has 10 nitrogen and oxygen atoms in total. The van der Waals surface area contributed by atoms with Gasteiger partial charge in [-0.1, -0.05) is 187 Å². The Bertz CT molecular complexity index is 842. The Hall–Kier alpha value is -1.03. The van der Waals surface area contributed by atoms with Crippen molar-refractivity contribution in [2.45, 2.75) is 225 Å². The molecule has 310 valence electrons. The van der Waals surface area contributed by atoms with E-state index in [1.807, 2.05) is 0 Å². The van der Waals surface area contributed by atoms with Gasteiger partial charge in [-0.05, 0) is 12.8 Å². The lowest BCUT2D eigenvalue weighted by Gasteiger charge is -2.20. The SMILES string of the molecule is CCCCCCCCCCCCCCCCCCCCCCCCCCC(=O)OC(COC(=O)CCCCCCC)COP(=O)(O)OCC(O)CO. The van der Waals surface area contributed by atoms with Crippen molar-refractivity contribution in [1.82, 2.24) is 0 Å². The highest BCUT2D eigenvalue weighted by Crippen LogP contribution is 2.43. The Morgan fingerprint density at radius 3 is 1.19 bits per heavy atom. The number of unbranched alkanes of at least 4 members (excludes halogenated alkanes) is 27. The van der Waals surface area contributed by atoms with Crippen molar-refractivity contribution >= 4 is 19.8 Å². The summed E-state index contributed by atoms with van der Waals surface area (Å²) in [6.45, 7) is 2.31. The number of phosphoric acid groups is 1. The summed E-state index contributed by atoms with van der Waals surface area (Å²) < 4.78 is 32.4. The second-order valence-corrected chi connectivity index (χ2v) is 16.2. The molecular formula is C41H81O10P. The van der Waals surface area contributed by atoms with Crippen molar-refractivity contribution in [3.05, 3.63) is 0 Å². The molecule has 0 amide bonds. The maximum Gasteiger partial charge on any atom is 0.472 e.